The summed E-state index contributed by atoms with van der Waals surface area (Å²) in [6, 6.07) is 10.9. The van der Waals surface area contributed by atoms with Crippen LogP contribution in [0.15, 0.2) is 66.0 Å². The van der Waals surface area contributed by atoms with E-state index in [0.717, 1.165) is 16.8 Å². The SMILES string of the molecule is Cc1ccc(-c2cc(C(=O)Nc3cccc(-c4nccn4C(C)C)n3)c(=O)n(C)c2)cn1. The van der Waals surface area contributed by atoms with E-state index in [0.29, 0.717) is 17.3 Å². The quantitative estimate of drug-likeness (QED) is 0.521. The van der Waals surface area contributed by atoms with Crippen molar-refractivity contribution in [1.82, 2.24) is 24.1 Å². The third kappa shape index (κ3) is 4.20. The normalized spacial score (nSPS) is 11.0. The van der Waals surface area contributed by atoms with Crippen LogP contribution in [0.3, 0.4) is 0 Å². The zero-order chi connectivity index (χ0) is 22.8. The number of aromatic nitrogens is 5. The molecule has 162 valence electrons. The monoisotopic (exact) mass is 428 g/mol. The van der Waals surface area contributed by atoms with E-state index in [1.54, 1.807) is 43.8 Å². The van der Waals surface area contributed by atoms with Crippen molar-refractivity contribution in [3.8, 4) is 22.6 Å². The summed E-state index contributed by atoms with van der Waals surface area (Å²) in [7, 11) is 1.62. The zero-order valence-corrected chi connectivity index (χ0v) is 18.4. The van der Waals surface area contributed by atoms with E-state index in [-0.39, 0.29) is 11.6 Å². The number of rotatable bonds is 5. The Morgan fingerprint density at radius 1 is 1.09 bits per heavy atom. The summed E-state index contributed by atoms with van der Waals surface area (Å²) in [6.07, 6.45) is 7.02. The van der Waals surface area contributed by atoms with Crippen molar-refractivity contribution in [3.05, 3.63) is 82.8 Å². The third-order valence-electron chi connectivity index (χ3n) is 5.12. The average molecular weight is 428 g/mol. The lowest BCUT2D eigenvalue weighted by Gasteiger charge is -2.12. The number of pyridine rings is 3. The van der Waals surface area contributed by atoms with Crippen LogP contribution in [0.2, 0.25) is 0 Å². The first-order valence-electron chi connectivity index (χ1n) is 10.3. The second kappa shape index (κ2) is 8.58. The summed E-state index contributed by atoms with van der Waals surface area (Å²) in [5, 5.41) is 2.75. The number of hydrogen-bond donors (Lipinski definition) is 1. The van der Waals surface area contributed by atoms with Crippen molar-refractivity contribution in [1.29, 1.82) is 0 Å². The summed E-state index contributed by atoms with van der Waals surface area (Å²) in [5.41, 5.74) is 2.71. The molecule has 4 aromatic rings. The molecule has 1 N–H and O–H groups in total. The maximum Gasteiger partial charge on any atom is 0.263 e. The Balaban J connectivity index is 1.65. The molecule has 32 heavy (non-hydrogen) atoms. The van der Waals surface area contributed by atoms with Crippen LogP contribution < -0.4 is 10.9 Å². The minimum absolute atomic E-state index is 0.0291. The van der Waals surface area contributed by atoms with Crippen LogP contribution in [-0.2, 0) is 7.05 Å². The molecule has 4 heterocycles. The molecular formula is C24H24N6O2. The lowest BCUT2D eigenvalue weighted by atomic mass is 10.1. The molecule has 8 heteroatoms. The highest BCUT2D eigenvalue weighted by molar-refractivity contribution is 6.04. The van der Waals surface area contributed by atoms with Gasteiger partial charge in [-0.05, 0) is 45.0 Å². The molecule has 0 spiro atoms. The Kier molecular flexibility index (Phi) is 5.68. The van der Waals surface area contributed by atoms with Crippen LogP contribution in [-0.4, -0.2) is 30.0 Å². The molecule has 0 radical (unpaired) electrons. The topological polar surface area (TPSA) is 94.7 Å². The van der Waals surface area contributed by atoms with Gasteiger partial charge in [0.2, 0.25) is 0 Å². The molecule has 4 rings (SSSR count). The highest BCUT2D eigenvalue weighted by Gasteiger charge is 2.16. The van der Waals surface area contributed by atoms with Crippen LogP contribution in [0.5, 0.6) is 0 Å². The molecule has 0 fully saturated rings. The van der Waals surface area contributed by atoms with Crippen molar-refractivity contribution in [2.45, 2.75) is 26.8 Å². The van der Waals surface area contributed by atoms with E-state index in [1.165, 1.54) is 4.57 Å². The fourth-order valence-corrected chi connectivity index (χ4v) is 3.41. The maximum absolute atomic E-state index is 13.0. The van der Waals surface area contributed by atoms with Crippen molar-refractivity contribution < 1.29 is 4.79 Å². The van der Waals surface area contributed by atoms with E-state index in [2.05, 4.69) is 34.1 Å². The molecule has 0 aliphatic heterocycles. The third-order valence-corrected chi connectivity index (χ3v) is 5.12. The van der Waals surface area contributed by atoms with Gasteiger partial charge in [-0.3, -0.25) is 14.6 Å². The van der Waals surface area contributed by atoms with Crippen LogP contribution in [0.1, 0.15) is 35.9 Å². The van der Waals surface area contributed by atoms with Crippen LogP contribution in [0.25, 0.3) is 22.6 Å². The Hall–Kier alpha value is -4.07. The molecule has 0 unspecified atom stereocenters. The fourth-order valence-electron chi connectivity index (χ4n) is 3.41. The summed E-state index contributed by atoms with van der Waals surface area (Å²) in [5.74, 6) is 0.528. The second-order valence-electron chi connectivity index (χ2n) is 7.86. The number of nitrogens with one attached hydrogen (secondary N) is 1. The van der Waals surface area contributed by atoms with Gasteiger partial charge in [-0.15, -0.1) is 0 Å². The van der Waals surface area contributed by atoms with E-state index in [1.807, 2.05) is 35.9 Å². The van der Waals surface area contributed by atoms with Crippen molar-refractivity contribution >= 4 is 11.7 Å². The predicted octanol–water partition coefficient (Wildman–Crippen LogP) is 3.85. The number of anilines is 1. The first-order valence-corrected chi connectivity index (χ1v) is 10.3. The first kappa shape index (κ1) is 21.2. The van der Waals surface area contributed by atoms with Gasteiger partial charge in [-0.1, -0.05) is 12.1 Å². The van der Waals surface area contributed by atoms with Crippen LogP contribution in [0.4, 0.5) is 5.82 Å². The summed E-state index contributed by atoms with van der Waals surface area (Å²) in [4.78, 5) is 38.9. The number of amides is 1. The van der Waals surface area contributed by atoms with Gasteiger partial charge in [0, 0.05) is 54.7 Å². The zero-order valence-electron chi connectivity index (χ0n) is 18.4. The highest BCUT2D eigenvalue weighted by atomic mass is 16.2. The van der Waals surface area contributed by atoms with Crippen molar-refractivity contribution in [2.75, 3.05) is 5.32 Å². The summed E-state index contributed by atoms with van der Waals surface area (Å²) >= 11 is 0. The molecule has 0 bridgehead atoms. The summed E-state index contributed by atoms with van der Waals surface area (Å²) in [6.45, 7) is 6.02. The molecule has 0 aromatic carbocycles. The number of carbonyl (C=O) groups is 1. The number of carbonyl (C=O) groups excluding carboxylic acids is 1. The molecular weight excluding hydrogens is 404 g/mol. The number of aryl methyl sites for hydroxylation is 2. The second-order valence-corrected chi connectivity index (χ2v) is 7.86. The van der Waals surface area contributed by atoms with Gasteiger partial charge < -0.3 is 14.5 Å². The molecule has 0 saturated carbocycles. The fraction of sp³-hybridized carbons (Fsp3) is 0.208. The Morgan fingerprint density at radius 2 is 1.91 bits per heavy atom. The highest BCUT2D eigenvalue weighted by Crippen LogP contribution is 2.22. The van der Waals surface area contributed by atoms with Gasteiger partial charge in [0.25, 0.3) is 11.5 Å². The Morgan fingerprint density at radius 3 is 2.62 bits per heavy atom. The maximum atomic E-state index is 13.0. The van der Waals surface area contributed by atoms with Crippen LogP contribution in [0, 0.1) is 6.92 Å². The Labute approximate surface area is 185 Å². The molecule has 0 atom stereocenters. The van der Waals surface area contributed by atoms with Gasteiger partial charge in [0.15, 0.2) is 5.82 Å². The van der Waals surface area contributed by atoms with Gasteiger partial charge in [0.05, 0.1) is 0 Å². The van der Waals surface area contributed by atoms with E-state index in [4.69, 9.17) is 0 Å². The van der Waals surface area contributed by atoms with E-state index < -0.39 is 11.5 Å². The molecule has 8 nitrogen and oxygen atoms in total. The van der Waals surface area contributed by atoms with Gasteiger partial charge in [0.1, 0.15) is 17.1 Å². The van der Waals surface area contributed by atoms with Crippen LogP contribution >= 0.6 is 0 Å². The lowest BCUT2D eigenvalue weighted by Crippen LogP contribution is -2.27. The average Bonchev–Trinajstić information content (AvgIpc) is 3.27. The van der Waals surface area contributed by atoms with Gasteiger partial charge in [-0.25, -0.2) is 9.97 Å². The Bertz CT molecular complexity index is 1340. The molecule has 0 aliphatic rings. The van der Waals surface area contributed by atoms with E-state index in [9.17, 15) is 9.59 Å². The van der Waals surface area contributed by atoms with Crippen molar-refractivity contribution in [2.24, 2.45) is 7.05 Å². The smallest absolute Gasteiger partial charge is 0.263 e. The minimum Gasteiger partial charge on any atom is -0.327 e. The summed E-state index contributed by atoms with van der Waals surface area (Å²) < 4.78 is 3.40. The largest absolute Gasteiger partial charge is 0.327 e. The standard InChI is InChI=1S/C24H24N6O2/c1-15(2)30-11-10-25-22(30)20-6-5-7-21(27-20)28-23(31)19-12-18(14-29(4)24(19)32)17-9-8-16(3)26-13-17/h5-15H,1-4H3,(H,27,28,31). The van der Waals surface area contributed by atoms with Crippen molar-refractivity contribution in [3.63, 3.8) is 0 Å². The van der Waals surface area contributed by atoms with Gasteiger partial charge >= 0.3 is 0 Å². The molecule has 4 aromatic heterocycles. The van der Waals surface area contributed by atoms with E-state index >= 15 is 0 Å². The molecule has 0 aliphatic carbocycles. The van der Waals surface area contributed by atoms with Gasteiger partial charge in [-0.2, -0.15) is 0 Å². The molecule has 1 amide bonds. The lowest BCUT2D eigenvalue weighted by molar-refractivity contribution is 0.102. The number of imidazole rings is 1. The number of hydrogen-bond acceptors (Lipinski definition) is 5. The predicted molar refractivity (Wildman–Crippen MR) is 123 cm³/mol. The number of nitrogens with zero attached hydrogens (tertiary/aromatic N) is 5. The first-order chi connectivity index (χ1) is 15.3. The minimum atomic E-state index is -0.524. The molecule has 0 saturated heterocycles.